The molecule has 27 heteroatoms. The molecule has 2 aliphatic heterocycles. The van der Waals surface area contributed by atoms with Gasteiger partial charge in [0.1, 0.15) is 88.0 Å². The van der Waals surface area contributed by atoms with E-state index in [1.54, 1.807) is 14.3 Å². The summed E-state index contributed by atoms with van der Waals surface area (Å²) in [6.45, 7) is 11.0. The Morgan fingerprint density at radius 1 is 0.481 bits per heavy atom. The van der Waals surface area contributed by atoms with Gasteiger partial charge in [0.15, 0.2) is 16.9 Å². The Labute approximate surface area is 611 Å². The molecular weight excluding hydrogens is 1340 g/mol. The van der Waals surface area contributed by atoms with E-state index in [0.717, 1.165) is 88.9 Å². The first-order chi connectivity index (χ1) is 52.0. The van der Waals surface area contributed by atoms with Gasteiger partial charge in [-0.1, -0.05) is 98.8 Å². The average molecular weight is 1430 g/mol. The Morgan fingerprint density at radius 3 is 1.37 bits per heavy atom. The van der Waals surface area contributed by atoms with Gasteiger partial charge < -0.3 is 60.6 Å². The first-order valence-corrected chi connectivity index (χ1v) is 35.2. The Morgan fingerprint density at radius 2 is 0.896 bits per heavy atom. The number of benzene rings is 7. The van der Waals surface area contributed by atoms with Gasteiger partial charge in [0.2, 0.25) is 5.91 Å². The summed E-state index contributed by atoms with van der Waals surface area (Å²) < 4.78 is 46.1. The molecule has 0 bridgehead atoms. The third kappa shape index (κ3) is 17.9. The zero-order chi connectivity index (χ0) is 73.0. The van der Waals surface area contributed by atoms with Crippen LogP contribution in [0.25, 0.3) is 66.9 Å². The van der Waals surface area contributed by atoms with Crippen LogP contribution in [-0.4, -0.2) is 160 Å². The van der Waals surface area contributed by atoms with Crippen molar-refractivity contribution in [2.45, 2.75) is 51.7 Å². The summed E-state index contributed by atoms with van der Waals surface area (Å²) in [6, 6.07) is 61.3. The Kier molecular flexibility index (Phi) is 23.9. The standard InChI is InChI=1S/C27H24N6O2.C26H28N6O4.C26H30N6O3/c28-26-24-25(20-11-13-22(14-12-20)35-21-9-5-2-6-10-21)32-33(27(24)31-18-30-26)16-15-29-23(34)17-19-7-3-1-4-8-19;1-2-13-35-26(33)31-12-14-34-16-19(15-31)32-25-22(24(27)28-17-29-25)23(30-32)18-8-10-21(11-9-18)36-20-6-4-3-5-7-20;1-2-13-34-18-31-12-14-33-16-20(15-31)32-26-23(25(27)28-17-29-26)24(30-32)19-8-10-22(11-9-19)35-21-6-4-3-5-7-21/h1-14,18H,15-17H2,(H,29,34)(H2,28,30,31);3-11,17,19H,2,12-16H2,1H3,(H2,27,28,29);3-11,17,20H,2,12-16,18H2,1H3,(H2,27,28,29). The van der Waals surface area contributed by atoms with E-state index in [1.165, 1.54) is 19.0 Å². The summed E-state index contributed by atoms with van der Waals surface area (Å²) in [6.07, 6.45) is 6.05. The van der Waals surface area contributed by atoms with E-state index >= 15 is 0 Å². The highest BCUT2D eigenvalue weighted by atomic mass is 16.6. The first kappa shape index (κ1) is 71.9. The topological polar surface area (TPSA) is 326 Å². The van der Waals surface area contributed by atoms with Crippen LogP contribution in [0.4, 0.5) is 22.2 Å². The molecule has 2 fully saturated rings. The number of hydrogen-bond acceptors (Lipinski definition) is 22. The summed E-state index contributed by atoms with van der Waals surface area (Å²) in [5, 5.41) is 19.6. The van der Waals surface area contributed by atoms with E-state index in [9.17, 15) is 9.59 Å². The van der Waals surface area contributed by atoms with Gasteiger partial charge in [0.05, 0.1) is 81.0 Å². The van der Waals surface area contributed by atoms with E-state index in [4.69, 9.17) is 65.7 Å². The number of anilines is 3. The van der Waals surface area contributed by atoms with Gasteiger partial charge in [-0.15, -0.1) is 0 Å². The molecule has 2 aliphatic rings. The molecule has 6 aromatic heterocycles. The molecule has 0 radical (unpaired) electrons. The maximum Gasteiger partial charge on any atom is 0.409 e. The Balaban J connectivity index is 0.000000141. The first-order valence-electron chi connectivity index (χ1n) is 35.2. The molecule has 0 aliphatic carbocycles. The van der Waals surface area contributed by atoms with Crippen LogP contribution >= 0.6 is 0 Å². The lowest BCUT2D eigenvalue weighted by molar-refractivity contribution is -0.120. The second-order valence-corrected chi connectivity index (χ2v) is 25.0. The van der Waals surface area contributed by atoms with E-state index in [0.29, 0.717) is 140 Å². The molecule has 2 amide bonds. The van der Waals surface area contributed by atoms with Gasteiger partial charge in [-0.25, -0.2) is 48.7 Å². The van der Waals surface area contributed by atoms with Crippen LogP contribution in [0, 0.1) is 0 Å². The number of nitrogens with two attached hydrogens (primary N) is 3. The maximum absolute atomic E-state index is 12.6. The number of ether oxygens (including phenoxy) is 7. The van der Waals surface area contributed by atoms with Crippen molar-refractivity contribution in [1.82, 2.24) is 74.4 Å². The number of carbonyl (C=O) groups is 2. The third-order valence-corrected chi connectivity index (χ3v) is 17.3. The zero-order valence-corrected chi connectivity index (χ0v) is 58.8. The molecule has 7 aromatic carbocycles. The lowest BCUT2D eigenvalue weighted by Gasteiger charge is -2.23. The van der Waals surface area contributed by atoms with Crippen molar-refractivity contribution >= 4 is 62.6 Å². The molecule has 2 saturated heterocycles. The summed E-state index contributed by atoms with van der Waals surface area (Å²) in [4.78, 5) is 54.8. The minimum atomic E-state index is -0.354. The quantitative estimate of drug-likeness (QED) is 0.0458. The van der Waals surface area contributed by atoms with Gasteiger partial charge in [-0.05, 0) is 128 Å². The minimum absolute atomic E-state index is 0.0334. The van der Waals surface area contributed by atoms with Crippen LogP contribution in [0.3, 0.4) is 0 Å². The summed E-state index contributed by atoms with van der Waals surface area (Å²) in [7, 11) is 0. The van der Waals surface area contributed by atoms with E-state index in [-0.39, 0.29) is 24.1 Å². The minimum Gasteiger partial charge on any atom is -0.457 e. The zero-order valence-electron chi connectivity index (χ0n) is 58.8. The monoisotopic (exact) mass is 1430 g/mol. The molecule has 13 aromatic rings. The number of hydrogen-bond donors (Lipinski definition) is 4. The second kappa shape index (κ2) is 35.2. The summed E-state index contributed by atoms with van der Waals surface area (Å²) in [5.74, 6) is 5.52. The summed E-state index contributed by atoms with van der Waals surface area (Å²) >= 11 is 0. The highest BCUT2D eigenvalue weighted by molar-refractivity contribution is 6.00. The second-order valence-electron chi connectivity index (χ2n) is 25.0. The van der Waals surface area contributed by atoms with Gasteiger partial charge in [-0.2, -0.15) is 15.3 Å². The molecule has 7 N–H and O–H groups in total. The SMILES string of the molecule is CCCOC(=O)N1CCOCC(n2nc(-c3ccc(Oc4ccccc4)cc3)c3c(N)ncnc32)C1.CCCOCN1CCOCC(n2nc(-c3ccc(Oc4ccccc4)cc3)c3c(N)ncnc32)C1.Nc1ncnc2c1c(-c1ccc(Oc3ccccc3)cc1)nn2CCNC(=O)Cc1ccccc1. The van der Waals surface area contributed by atoms with Crippen molar-refractivity contribution in [3.63, 3.8) is 0 Å². The largest absolute Gasteiger partial charge is 0.457 e. The van der Waals surface area contributed by atoms with Crippen molar-refractivity contribution in [3.05, 3.63) is 219 Å². The third-order valence-electron chi connectivity index (χ3n) is 17.3. The van der Waals surface area contributed by atoms with Crippen molar-refractivity contribution in [3.8, 4) is 68.3 Å². The molecule has 2 atom stereocenters. The molecule has 27 nitrogen and oxygen atoms in total. The maximum atomic E-state index is 12.6. The fourth-order valence-electron chi connectivity index (χ4n) is 12.2. The van der Waals surface area contributed by atoms with Crippen molar-refractivity contribution in [2.75, 3.05) is 96.3 Å². The van der Waals surface area contributed by atoms with Crippen LogP contribution in [-0.2, 0) is 36.7 Å². The molecule has 0 spiro atoms. The molecule has 0 saturated carbocycles. The number of para-hydroxylation sites is 3. The highest BCUT2D eigenvalue weighted by Crippen LogP contribution is 2.37. The molecule has 8 heterocycles. The lowest BCUT2D eigenvalue weighted by atomic mass is 10.1. The van der Waals surface area contributed by atoms with E-state index in [2.05, 4.69) is 47.0 Å². The van der Waals surface area contributed by atoms with Crippen molar-refractivity contribution in [1.29, 1.82) is 0 Å². The number of nitrogens with one attached hydrogen (secondary N) is 1. The van der Waals surface area contributed by atoms with E-state index in [1.807, 2.05) is 206 Å². The molecular formula is C79H82N18O9. The summed E-state index contributed by atoms with van der Waals surface area (Å²) in [5.41, 5.74) is 26.4. The van der Waals surface area contributed by atoms with E-state index < -0.39 is 0 Å². The van der Waals surface area contributed by atoms with Crippen molar-refractivity contribution < 1.29 is 42.7 Å². The lowest BCUT2D eigenvalue weighted by Crippen LogP contribution is -2.37. The number of rotatable bonds is 22. The number of aromatic nitrogens is 12. The van der Waals surface area contributed by atoms with Crippen LogP contribution in [0.15, 0.2) is 213 Å². The van der Waals surface area contributed by atoms with Crippen LogP contribution in [0.1, 0.15) is 44.3 Å². The van der Waals surface area contributed by atoms with Crippen LogP contribution < -0.4 is 36.7 Å². The number of amides is 2. The number of nitrogens with zero attached hydrogens (tertiary/aromatic N) is 14. The highest BCUT2D eigenvalue weighted by Gasteiger charge is 2.30. The Hall–Kier alpha value is -12.4. The van der Waals surface area contributed by atoms with Gasteiger partial charge in [0, 0.05) is 56.0 Å². The predicted molar refractivity (Wildman–Crippen MR) is 404 cm³/mol. The molecule has 15 rings (SSSR count). The fraction of sp³-hybridized carbons (Fsp3) is 0.253. The molecule has 542 valence electrons. The number of fused-ring (bicyclic) bond motifs is 3. The fourth-order valence-corrected chi connectivity index (χ4v) is 12.2. The van der Waals surface area contributed by atoms with Crippen LogP contribution in [0.2, 0.25) is 0 Å². The van der Waals surface area contributed by atoms with Gasteiger partial charge in [-0.3, -0.25) is 9.69 Å². The predicted octanol–water partition coefficient (Wildman–Crippen LogP) is 12.6. The normalized spacial score (nSPS) is 14.6. The average Bonchev–Trinajstić information content (AvgIpc) is 1.63. The molecule has 2 unspecified atom stereocenters. The number of carbonyl (C=O) groups excluding carboxylic acids is 2. The smallest absolute Gasteiger partial charge is 0.409 e. The van der Waals surface area contributed by atoms with Gasteiger partial charge in [0.25, 0.3) is 0 Å². The number of nitrogen functional groups attached to an aromatic ring is 3. The van der Waals surface area contributed by atoms with Crippen molar-refractivity contribution in [2.24, 2.45) is 0 Å². The molecule has 106 heavy (non-hydrogen) atoms. The van der Waals surface area contributed by atoms with Gasteiger partial charge >= 0.3 is 6.09 Å². The Bertz CT molecular complexity index is 5000. The van der Waals surface area contributed by atoms with Crippen LogP contribution in [0.5, 0.6) is 34.5 Å².